The molecule has 616 valence electrons. The summed E-state index contributed by atoms with van der Waals surface area (Å²) in [6.45, 7) is 63.8. The van der Waals surface area contributed by atoms with Crippen molar-refractivity contribution in [1.82, 2.24) is 0 Å². The number of aliphatic hydroxyl groups excluding tert-OH is 2. The number of rotatable bonds is 17. The average molecular weight is 1520 g/mol. The van der Waals surface area contributed by atoms with Crippen molar-refractivity contribution in [3.63, 3.8) is 0 Å². The first-order valence-corrected chi connectivity index (χ1v) is 44.2. The molecule has 10 nitrogen and oxygen atoms in total. The smallest absolute Gasteiger partial charge is 0.857 e. The number of esters is 1. The molecule has 12 aliphatic carbocycles. The van der Waals surface area contributed by atoms with E-state index < -0.39 is 11.2 Å². The monoisotopic (exact) mass is 1520 g/mol. The Morgan fingerprint density at radius 2 is 0.787 bits per heavy atom. The van der Waals surface area contributed by atoms with Crippen molar-refractivity contribution >= 4 is 5.97 Å². The molecule has 12 fully saturated rings. The van der Waals surface area contributed by atoms with Crippen molar-refractivity contribution in [2.45, 2.75) is 394 Å². The van der Waals surface area contributed by atoms with Gasteiger partial charge >= 0.3 is 35.5 Å². The molecular weight excluding hydrogens is 1350 g/mol. The van der Waals surface area contributed by atoms with Gasteiger partial charge in [0.25, 0.3) is 0 Å². The minimum atomic E-state index is -0.769. The molecule has 0 aromatic carbocycles. The van der Waals surface area contributed by atoms with E-state index in [4.69, 9.17) is 24.1 Å². The molecule has 0 spiro atoms. The molecule has 0 aliphatic heterocycles. The van der Waals surface area contributed by atoms with Gasteiger partial charge in [-0.15, -0.1) is 0 Å². The topological polar surface area (TPSA) is 158 Å². The Balaban J connectivity index is 0.000000201. The molecule has 0 aromatic heterocycles. The molecule has 0 aromatic rings. The van der Waals surface area contributed by atoms with Crippen LogP contribution in [0.5, 0.6) is 0 Å². The number of aliphatic hydroxyl groups is 4. The third-order valence-electron chi connectivity index (χ3n) is 37.8. The molecule has 0 bridgehead atoms. The van der Waals surface area contributed by atoms with Crippen LogP contribution < -0.4 is 34.7 Å². The Kier molecular flexibility index (Phi) is 28.7. The molecule has 0 amide bonds. The predicted molar refractivity (Wildman–Crippen MR) is 440 cm³/mol. The van der Waals surface area contributed by atoms with E-state index in [-0.39, 0.29) is 132 Å². The molecule has 29 atom stereocenters. The van der Waals surface area contributed by atoms with Crippen molar-refractivity contribution in [2.24, 2.45) is 136 Å². The quantitative estimate of drug-likeness (QED) is 0.0628. The molecule has 4 N–H and O–H groups in total. The van der Waals surface area contributed by atoms with Gasteiger partial charge in [-0.1, -0.05) is 151 Å². The van der Waals surface area contributed by atoms with Gasteiger partial charge in [0.05, 0.1) is 41.7 Å². The van der Waals surface area contributed by atoms with Crippen LogP contribution in [-0.2, 0) is 23.7 Å². The summed E-state index contributed by atoms with van der Waals surface area (Å²) in [7, 11) is 4.54. The molecule has 12 rings (SSSR count). The molecule has 0 heterocycles. The zero-order valence-electron chi connectivity index (χ0n) is 75.4. The van der Waals surface area contributed by atoms with Crippen molar-refractivity contribution < 1.29 is 78.8 Å². The summed E-state index contributed by atoms with van der Waals surface area (Å²) in [5.74, 6) is 4.93. The molecular formula is C97H167NaO10. The second-order valence-electron chi connectivity index (χ2n) is 44.3. The zero-order chi connectivity index (χ0) is 80.0. The number of methoxy groups -OCH3 is 2. The number of hydrogen-bond acceptors (Lipinski definition) is 10. The summed E-state index contributed by atoms with van der Waals surface area (Å²) in [4.78, 5) is 12.5. The first-order chi connectivity index (χ1) is 49.5. The Morgan fingerprint density at radius 3 is 1.18 bits per heavy atom. The standard InChI is InChI=1S/C34H58O4.C31H54O3.C31H52O2.CH3O.Na/c1-11-37-28-16-18-31(7)26(30(28,5)6)15-20-32(8)27(31)21-25(38-23(4)35)29-24(14-19-33(29,32)9)34(10,36)17-12-13-22(2)3;1-20(2)11-10-15-31(8,33)21-12-17-30(7)26(21)22(32)19-24-28(5)16-14-25(34-9)27(3,4)23(28)13-18-29(24,30)6;1-20(2)11-10-12-21(3)22-13-17-31(8)27(22)23(32)19-25-29(6)16-15-26(33-9)28(4,5)24(29)14-18-30(25,31)7;1-2;/h13,24-29,36H,11-12,14-21H2,1-10H3;11,21-26,32-33H,10,12-19H2,1-9H3;11,22-27,32H,3,10,12-19H2,1-2,4-9H3;1H3;/q;;;-1;+1/t24?,25?,26?,27?,28-,29?,31?,32?,33?,34?;21?,22?,23?,24?,25-,26?,28?,29?,30?,31?;22?,23?,24?,25?,26-,27?,29?,30?,31?;;/m000../s1. The first kappa shape index (κ1) is 92.6. The number of carbonyl (C=O) groups is 1. The summed E-state index contributed by atoms with van der Waals surface area (Å²) in [5.41, 5.74) is 6.13. The molecule has 0 radical (unpaired) electrons. The maximum atomic E-state index is 12.5. The van der Waals surface area contributed by atoms with E-state index >= 15 is 0 Å². The van der Waals surface area contributed by atoms with E-state index in [0.29, 0.717) is 76.5 Å². The summed E-state index contributed by atoms with van der Waals surface area (Å²) in [6.07, 6.45) is 36.9. The summed E-state index contributed by atoms with van der Waals surface area (Å²) < 4.78 is 24.6. The third-order valence-corrected chi connectivity index (χ3v) is 37.8. The van der Waals surface area contributed by atoms with E-state index in [1.54, 1.807) is 6.92 Å². The van der Waals surface area contributed by atoms with Crippen LogP contribution in [0.1, 0.15) is 346 Å². The van der Waals surface area contributed by atoms with Crippen molar-refractivity contribution in [3.8, 4) is 0 Å². The van der Waals surface area contributed by atoms with Crippen LogP contribution in [0.4, 0.5) is 0 Å². The van der Waals surface area contributed by atoms with Gasteiger partial charge < -0.3 is 44.5 Å². The largest absolute Gasteiger partial charge is 1.00 e. The Labute approximate surface area is 685 Å². The minimum Gasteiger partial charge on any atom is -0.857 e. The van der Waals surface area contributed by atoms with Gasteiger partial charge in [-0.2, -0.15) is 7.11 Å². The van der Waals surface area contributed by atoms with Crippen molar-refractivity contribution in [1.29, 1.82) is 0 Å². The van der Waals surface area contributed by atoms with Gasteiger partial charge in [-0.05, 0) is 366 Å². The molecule has 11 heteroatoms. The van der Waals surface area contributed by atoms with Crippen molar-refractivity contribution in [2.75, 3.05) is 27.9 Å². The van der Waals surface area contributed by atoms with E-state index in [9.17, 15) is 25.2 Å². The molecule has 0 saturated heterocycles. The molecule has 26 unspecified atom stereocenters. The van der Waals surface area contributed by atoms with Gasteiger partial charge in [0, 0.05) is 33.7 Å². The predicted octanol–water partition coefficient (Wildman–Crippen LogP) is 19.2. The van der Waals surface area contributed by atoms with E-state index in [2.05, 4.69) is 191 Å². The van der Waals surface area contributed by atoms with Crippen LogP contribution in [0.25, 0.3) is 0 Å². The Hall–Kier alpha value is -0.890. The molecule has 12 saturated carbocycles. The van der Waals surface area contributed by atoms with Gasteiger partial charge in [-0.3, -0.25) is 4.79 Å². The minimum absolute atomic E-state index is 0. The van der Waals surface area contributed by atoms with E-state index in [1.807, 2.05) is 14.2 Å². The fourth-order valence-electron chi connectivity index (χ4n) is 32.1. The van der Waals surface area contributed by atoms with Gasteiger partial charge in [0.2, 0.25) is 0 Å². The van der Waals surface area contributed by atoms with Gasteiger partial charge in [0.1, 0.15) is 6.10 Å². The molecule has 108 heavy (non-hydrogen) atoms. The van der Waals surface area contributed by atoms with E-state index in [0.717, 1.165) is 116 Å². The van der Waals surface area contributed by atoms with Crippen molar-refractivity contribution in [3.05, 3.63) is 47.1 Å². The Bertz CT molecular complexity index is 3160. The molecule has 12 aliphatic rings. The van der Waals surface area contributed by atoms with E-state index in [1.165, 1.54) is 92.9 Å². The first-order valence-electron chi connectivity index (χ1n) is 44.2. The SMILES string of the molecule is C=C(CCC=C(C)C)C1CCC2(C)C1C(O)CC1C3(C)CC[C@H](OC)C(C)(C)C3CCC12C.CCO[C@H]1CCC2(C)C(CCC3(C)C2CC(OC(C)=O)C2C(C(C)(O)CCC=C(C)C)CCC23C)C1(C)C.CO[C@H]1CCC2(C)C(CCC3(C)C2CC(O)C2C(C(C)(O)CCC=C(C)C)CCC23C)C1(C)C.C[O-].[Na+]. The number of allylic oxidation sites excluding steroid dienone is 7. The van der Waals surface area contributed by atoms with Crippen LogP contribution in [0.15, 0.2) is 47.1 Å². The second kappa shape index (κ2) is 33.5. The normalized spacial score (nSPS) is 46.3. The van der Waals surface area contributed by atoms with Crippen LogP contribution in [0, 0.1) is 136 Å². The number of carbonyl (C=O) groups excluding carboxylic acids is 1. The van der Waals surface area contributed by atoms with Crippen LogP contribution in [0.2, 0.25) is 0 Å². The van der Waals surface area contributed by atoms with Crippen LogP contribution in [-0.4, -0.2) is 102 Å². The summed E-state index contributed by atoms with van der Waals surface area (Å²) >= 11 is 0. The second-order valence-corrected chi connectivity index (χ2v) is 44.3. The fourth-order valence-corrected chi connectivity index (χ4v) is 32.1. The maximum absolute atomic E-state index is 12.5. The number of fused-ring (bicyclic) bond motifs is 15. The number of ether oxygens (including phenoxy) is 4. The van der Waals surface area contributed by atoms with Gasteiger partial charge in [0.15, 0.2) is 0 Å². The summed E-state index contributed by atoms with van der Waals surface area (Å²) in [6, 6.07) is 0. The van der Waals surface area contributed by atoms with Crippen LogP contribution >= 0.6 is 0 Å². The number of hydrogen-bond donors (Lipinski definition) is 4. The fraction of sp³-hybridized carbons (Fsp3) is 0.907. The van der Waals surface area contributed by atoms with Crippen LogP contribution in [0.3, 0.4) is 0 Å². The summed E-state index contributed by atoms with van der Waals surface area (Å²) in [5, 5.41) is 55.5. The van der Waals surface area contributed by atoms with Gasteiger partial charge in [-0.25, -0.2) is 0 Å². The average Bonchev–Trinajstić information content (AvgIpc) is 1.29. The Morgan fingerprint density at radius 1 is 0.454 bits per heavy atom. The zero-order valence-corrected chi connectivity index (χ0v) is 77.4. The maximum Gasteiger partial charge on any atom is 1.00 e. The third kappa shape index (κ3) is 15.5.